The summed E-state index contributed by atoms with van der Waals surface area (Å²) in [7, 11) is 0. The third kappa shape index (κ3) is 3.07. The molecular weight excluding hydrogens is 316 g/mol. The lowest BCUT2D eigenvalue weighted by Crippen LogP contribution is -2.08. The average molecular weight is 334 g/mol. The zero-order valence-electron chi connectivity index (χ0n) is 14.0. The normalized spacial score (nSPS) is 13.0. The monoisotopic (exact) mass is 334 g/mol. The van der Waals surface area contributed by atoms with Crippen LogP contribution in [0.2, 0.25) is 0 Å². The lowest BCUT2D eigenvalue weighted by molar-refractivity contribution is 0.0473. The molecule has 4 heteroatoms. The zero-order valence-corrected chi connectivity index (χ0v) is 14.0. The fraction of sp³-hybridized carbons (Fsp3) is 0.238. The highest BCUT2D eigenvalue weighted by atomic mass is 16.5. The Morgan fingerprint density at radius 1 is 1.12 bits per heavy atom. The predicted molar refractivity (Wildman–Crippen MR) is 94.8 cm³/mol. The summed E-state index contributed by atoms with van der Waals surface area (Å²) in [6.07, 6.45) is 3.17. The third-order valence-electron chi connectivity index (χ3n) is 4.66. The van der Waals surface area contributed by atoms with Crippen molar-refractivity contribution in [1.82, 2.24) is 0 Å². The van der Waals surface area contributed by atoms with Crippen LogP contribution in [0.3, 0.4) is 0 Å². The first-order chi connectivity index (χ1) is 12.1. The summed E-state index contributed by atoms with van der Waals surface area (Å²) in [4.78, 5) is 24.1. The molecule has 0 fully saturated rings. The van der Waals surface area contributed by atoms with Gasteiger partial charge in [-0.05, 0) is 61.6 Å². The Morgan fingerprint density at radius 3 is 2.72 bits per heavy atom. The SMILES string of the molecule is Cc1cccc(C(=O)OCc2cc(=O)oc3cc4c(cc23)CCC4)c1. The molecule has 3 aromatic rings. The quantitative estimate of drug-likeness (QED) is 0.538. The number of ether oxygens (including phenoxy) is 1. The van der Waals surface area contributed by atoms with E-state index in [0.717, 1.165) is 30.2 Å². The van der Waals surface area contributed by atoms with Gasteiger partial charge in [0.2, 0.25) is 0 Å². The number of hydrogen-bond acceptors (Lipinski definition) is 4. The smallest absolute Gasteiger partial charge is 0.338 e. The van der Waals surface area contributed by atoms with E-state index in [4.69, 9.17) is 9.15 Å². The third-order valence-corrected chi connectivity index (χ3v) is 4.66. The predicted octanol–water partition coefficient (Wildman–Crippen LogP) is 3.95. The van der Waals surface area contributed by atoms with E-state index < -0.39 is 11.6 Å². The van der Waals surface area contributed by atoms with Gasteiger partial charge in [-0.1, -0.05) is 17.7 Å². The highest BCUT2D eigenvalue weighted by Crippen LogP contribution is 2.28. The van der Waals surface area contributed by atoms with Crippen molar-refractivity contribution in [3.63, 3.8) is 0 Å². The van der Waals surface area contributed by atoms with E-state index in [9.17, 15) is 9.59 Å². The minimum Gasteiger partial charge on any atom is -0.457 e. The maximum atomic E-state index is 12.3. The number of carbonyl (C=O) groups is 1. The molecule has 0 aliphatic heterocycles. The molecule has 0 unspecified atom stereocenters. The molecule has 0 saturated carbocycles. The second kappa shape index (κ2) is 6.20. The summed E-state index contributed by atoms with van der Waals surface area (Å²) in [5.41, 5.74) is 4.85. The molecule has 25 heavy (non-hydrogen) atoms. The fourth-order valence-corrected chi connectivity index (χ4v) is 3.41. The Hall–Kier alpha value is -2.88. The van der Waals surface area contributed by atoms with Crippen molar-refractivity contribution < 1.29 is 13.9 Å². The van der Waals surface area contributed by atoms with Crippen molar-refractivity contribution in [1.29, 1.82) is 0 Å². The van der Waals surface area contributed by atoms with Crippen molar-refractivity contribution in [2.45, 2.75) is 32.8 Å². The molecule has 126 valence electrons. The Kier molecular flexibility index (Phi) is 3.88. The molecule has 0 radical (unpaired) electrons. The molecule has 1 aromatic heterocycles. The highest BCUT2D eigenvalue weighted by Gasteiger charge is 2.16. The van der Waals surface area contributed by atoms with Crippen LogP contribution in [0.15, 0.2) is 51.7 Å². The van der Waals surface area contributed by atoms with Gasteiger partial charge >= 0.3 is 11.6 Å². The number of fused-ring (bicyclic) bond motifs is 2. The summed E-state index contributed by atoms with van der Waals surface area (Å²) in [5.74, 6) is -0.397. The van der Waals surface area contributed by atoms with Crippen molar-refractivity contribution in [2.75, 3.05) is 0 Å². The van der Waals surface area contributed by atoms with Gasteiger partial charge in [0.1, 0.15) is 12.2 Å². The van der Waals surface area contributed by atoms with E-state index in [1.807, 2.05) is 25.1 Å². The molecule has 0 amide bonds. The van der Waals surface area contributed by atoms with Crippen molar-refractivity contribution in [2.24, 2.45) is 0 Å². The lowest BCUT2D eigenvalue weighted by Gasteiger charge is -2.09. The van der Waals surface area contributed by atoms with Crippen LogP contribution in [0.1, 0.15) is 39.0 Å². The molecule has 2 aromatic carbocycles. The molecule has 0 bridgehead atoms. The number of hydrogen-bond donors (Lipinski definition) is 0. The molecule has 0 saturated heterocycles. The molecule has 0 atom stereocenters. The number of esters is 1. The van der Waals surface area contributed by atoms with Crippen molar-refractivity contribution in [3.05, 3.63) is 80.7 Å². The van der Waals surface area contributed by atoms with Gasteiger partial charge < -0.3 is 9.15 Å². The Labute approximate surface area is 145 Å². The molecule has 4 nitrogen and oxygen atoms in total. The van der Waals surface area contributed by atoms with E-state index in [2.05, 4.69) is 6.07 Å². The fourth-order valence-electron chi connectivity index (χ4n) is 3.41. The van der Waals surface area contributed by atoms with Crippen molar-refractivity contribution in [3.8, 4) is 0 Å². The minimum absolute atomic E-state index is 0.0493. The average Bonchev–Trinajstić information content (AvgIpc) is 3.04. The molecule has 1 aliphatic carbocycles. The van der Waals surface area contributed by atoms with Crippen LogP contribution in [0.5, 0.6) is 0 Å². The van der Waals surface area contributed by atoms with Gasteiger partial charge in [0, 0.05) is 17.0 Å². The minimum atomic E-state index is -0.424. The van der Waals surface area contributed by atoms with Gasteiger partial charge in [0.05, 0.1) is 5.56 Å². The van der Waals surface area contributed by atoms with E-state index in [0.29, 0.717) is 16.7 Å². The van der Waals surface area contributed by atoms with E-state index in [-0.39, 0.29) is 6.61 Å². The molecule has 4 rings (SSSR count). The van der Waals surface area contributed by atoms with E-state index >= 15 is 0 Å². The maximum Gasteiger partial charge on any atom is 0.338 e. The van der Waals surface area contributed by atoms with Crippen molar-refractivity contribution >= 4 is 16.9 Å². The van der Waals surface area contributed by atoms with Gasteiger partial charge in [0.15, 0.2) is 0 Å². The summed E-state index contributed by atoms with van der Waals surface area (Å²) in [5, 5.41) is 0.845. The number of carbonyl (C=O) groups excluding carboxylic acids is 1. The summed E-state index contributed by atoms with van der Waals surface area (Å²) in [6.45, 7) is 1.97. The maximum absolute atomic E-state index is 12.3. The second-order valence-corrected chi connectivity index (χ2v) is 6.51. The standard InChI is InChI=1S/C21H18O4/c1-13-4-2-7-16(8-13)21(23)24-12-17-11-20(22)25-19-10-15-6-3-5-14(15)9-18(17)19/h2,4,7-11H,3,5-6,12H2,1H3. The first-order valence-electron chi connectivity index (χ1n) is 8.42. The van der Waals surface area contributed by atoms with Crippen LogP contribution in [0.25, 0.3) is 11.0 Å². The molecule has 1 heterocycles. The molecule has 1 aliphatic rings. The Balaban J connectivity index is 1.65. The summed E-state index contributed by atoms with van der Waals surface area (Å²) < 4.78 is 10.8. The van der Waals surface area contributed by atoms with E-state index in [1.165, 1.54) is 17.2 Å². The van der Waals surface area contributed by atoms with Crippen LogP contribution in [0, 0.1) is 6.92 Å². The van der Waals surface area contributed by atoms with Gasteiger partial charge in [-0.2, -0.15) is 0 Å². The first kappa shape index (κ1) is 15.6. The molecule has 0 spiro atoms. The van der Waals surface area contributed by atoms with Crippen LogP contribution >= 0.6 is 0 Å². The first-order valence-corrected chi connectivity index (χ1v) is 8.42. The highest BCUT2D eigenvalue weighted by molar-refractivity contribution is 5.90. The topological polar surface area (TPSA) is 56.5 Å². The second-order valence-electron chi connectivity index (χ2n) is 6.51. The number of rotatable bonds is 3. The van der Waals surface area contributed by atoms with Crippen LogP contribution in [-0.2, 0) is 24.2 Å². The summed E-state index contributed by atoms with van der Waals surface area (Å²) in [6, 6.07) is 12.7. The largest absolute Gasteiger partial charge is 0.457 e. The molecule has 0 N–H and O–H groups in total. The Bertz CT molecular complexity index is 1030. The van der Waals surface area contributed by atoms with E-state index in [1.54, 1.807) is 12.1 Å². The lowest BCUT2D eigenvalue weighted by atomic mass is 10.0. The van der Waals surface area contributed by atoms with Gasteiger partial charge in [-0.25, -0.2) is 9.59 Å². The van der Waals surface area contributed by atoms with Crippen LogP contribution in [0.4, 0.5) is 0 Å². The van der Waals surface area contributed by atoms with Gasteiger partial charge in [-0.3, -0.25) is 0 Å². The van der Waals surface area contributed by atoms with Crippen LogP contribution < -0.4 is 5.63 Å². The number of aryl methyl sites for hydroxylation is 3. The zero-order chi connectivity index (χ0) is 17.4. The van der Waals surface area contributed by atoms with Gasteiger partial charge in [0.25, 0.3) is 0 Å². The Morgan fingerprint density at radius 2 is 1.92 bits per heavy atom. The molecular formula is C21H18O4. The van der Waals surface area contributed by atoms with Gasteiger partial charge in [-0.15, -0.1) is 0 Å². The van der Waals surface area contributed by atoms with Crippen LogP contribution in [-0.4, -0.2) is 5.97 Å². The summed E-state index contributed by atoms with van der Waals surface area (Å²) >= 11 is 0. The number of benzene rings is 2.